The van der Waals surface area contributed by atoms with Gasteiger partial charge in [-0.15, -0.1) is 0 Å². The number of rotatable bonds is 20. The predicted molar refractivity (Wildman–Crippen MR) is 184 cm³/mol. The lowest BCUT2D eigenvalue weighted by atomic mass is 9.72. The minimum atomic E-state index is -0.119. The molecular formula is C40H55ClO3. The number of halogens is 1. The second kappa shape index (κ2) is 19.2. The first kappa shape index (κ1) is 34.5. The maximum Gasteiger partial charge on any atom is 0.228 e. The molecule has 1 saturated carbocycles. The zero-order chi connectivity index (χ0) is 31.0. The quantitative estimate of drug-likeness (QED) is 0.139. The topological polar surface area (TPSA) is 43.4 Å². The highest BCUT2D eigenvalue weighted by Crippen LogP contribution is 2.42. The number of benzene rings is 2. The molecule has 240 valence electrons. The molecule has 0 unspecified atom stereocenters. The average molecular weight is 619 g/mol. The lowest BCUT2D eigenvalue weighted by molar-refractivity contribution is 0.0851. The molecule has 2 aliphatic carbocycles. The summed E-state index contributed by atoms with van der Waals surface area (Å²) in [5, 5.41) is 0.753. The molecular weight excluding hydrogens is 564 g/mol. The van der Waals surface area contributed by atoms with Crippen molar-refractivity contribution in [2.75, 3.05) is 6.61 Å². The first-order valence-electron chi connectivity index (χ1n) is 17.9. The van der Waals surface area contributed by atoms with Crippen molar-refractivity contribution in [1.29, 1.82) is 0 Å². The van der Waals surface area contributed by atoms with E-state index >= 15 is 0 Å². The number of Topliss-reactive ketones (excluding diaryl/α,β-unsaturated/α-hetero) is 2. The van der Waals surface area contributed by atoms with Gasteiger partial charge in [0.05, 0.1) is 6.61 Å². The van der Waals surface area contributed by atoms with Crippen LogP contribution in [0.5, 0.6) is 0 Å². The molecule has 0 atom stereocenters. The lowest BCUT2D eigenvalue weighted by Gasteiger charge is -2.32. The summed E-state index contributed by atoms with van der Waals surface area (Å²) < 4.78 is 6.23. The zero-order valence-electron chi connectivity index (χ0n) is 27.2. The average Bonchev–Trinajstić information content (AvgIpc) is 3.05. The number of hydrogen-bond donors (Lipinski definition) is 0. The summed E-state index contributed by atoms with van der Waals surface area (Å²) in [4.78, 5) is 27.3. The second-order valence-corrected chi connectivity index (χ2v) is 13.6. The lowest BCUT2D eigenvalue weighted by Crippen LogP contribution is -2.29. The summed E-state index contributed by atoms with van der Waals surface area (Å²) >= 11 is 6.10. The fraction of sp³-hybridized carbons (Fsp3) is 0.600. The van der Waals surface area contributed by atoms with Gasteiger partial charge in [0.2, 0.25) is 5.78 Å². The molecule has 2 aliphatic rings. The molecule has 0 spiro atoms. The Kier molecular flexibility index (Phi) is 15.0. The van der Waals surface area contributed by atoms with Gasteiger partial charge < -0.3 is 4.74 Å². The summed E-state index contributed by atoms with van der Waals surface area (Å²) in [5.41, 5.74) is 2.94. The predicted octanol–water partition coefficient (Wildman–Crippen LogP) is 12.2. The van der Waals surface area contributed by atoms with E-state index in [0.717, 1.165) is 43.5 Å². The third-order valence-electron chi connectivity index (χ3n) is 9.83. The van der Waals surface area contributed by atoms with Crippen molar-refractivity contribution in [1.82, 2.24) is 0 Å². The van der Waals surface area contributed by atoms with Crippen LogP contribution in [0.2, 0.25) is 5.02 Å². The summed E-state index contributed by atoms with van der Waals surface area (Å²) in [6, 6.07) is 15.4. The Balaban J connectivity index is 1.18. The monoisotopic (exact) mass is 618 g/mol. The molecule has 0 aliphatic heterocycles. The Bertz CT molecular complexity index is 1190. The van der Waals surface area contributed by atoms with Gasteiger partial charge in [0, 0.05) is 21.7 Å². The maximum atomic E-state index is 13.7. The Morgan fingerprint density at radius 2 is 1.05 bits per heavy atom. The van der Waals surface area contributed by atoms with E-state index in [1.165, 1.54) is 95.5 Å². The van der Waals surface area contributed by atoms with Crippen LogP contribution in [0.4, 0.5) is 0 Å². The van der Waals surface area contributed by atoms with Gasteiger partial charge in [0.25, 0.3) is 0 Å². The molecule has 0 amide bonds. The van der Waals surface area contributed by atoms with Crippen molar-refractivity contribution in [2.45, 2.75) is 141 Å². The highest BCUT2D eigenvalue weighted by atomic mass is 35.5. The number of ketones is 2. The Morgan fingerprint density at radius 1 is 0.591 bits per heavy atom. The number of fused-ring (bicyclic) bond motifs is 1. The fourth-order valence-corrected chi connectivity index (χ4v) is 7.29. The van der Waals surface area contributed by atoms with Crippen LogP contribution in [-0.2, 0) is 4.74 Å². The second-order valence-electron chi connectivity index (χ2n) is 13.2. The van der Waals surface area contributed by atoms with E-state index in [9.17, 15) is 9.59 Å². The number of ether oxygens (including phenoxy) is 1. The van der Waals surface area contributed by atoms with E-state index in [4.69, 9.17) is 16.3 Å². The van der Waals surface area contributed by atoms with Crippen LogP contribution in [0, 0.1) is 5.92 Å². The Labute approximate surface area is 272 Å². The fourth-order valence-electron chi connectivity index (χ4n) is 7.16. The molecule has 0 bridgehead atoms. The molecule has 0 aromatic heterocycles. The van der Waals surface area contributed by atoms with Gasteiger partial charge in [0.15, 0.2) is 11.5 Å². The third-order valence-corrected chi connectivity index (χ3v) is 10.1. The van der Waals surface area contributed by atoms with Crippen LogP contribution in [0.15, 0.2) is 59.9 Å². The third kappa shape index (κ3) is 10.3. The first-order valence-corrected chi connectivity index (χ1v) is 18.3. The van der Waals surface area contributed by atoms with Gasteiger partial charge in [-0.3, -0.25) is 9.59 Å². The van der Waals surface area contributed by atoms with Crippen molar-refractivity contribution < 1.29 is 14.3 Å². The first-order chi connectivity index (χ1) is 21.6. The molecule has 0 N–H and O–H groups in total. The van der Waals surface area contributed by atoms with E-state index in [-0.39, 0.29) is 17.5 Å². The number of allylic oxidation sites excluding steroid dienone is 2. The summed E-state index contributed by atoms with van der Waals surface area (Å²) in [5.74, 6) is 0.706. The number of carbonyl (C=O) groups excluding carboxylic acids is 2. The molecule has 4 heteroatoms. The number of carbonyl (C=O) groups is 2. The highest BCUT2D eigenvalue weighted by Gasteiger charge is 2.38. The molecule has 0 saturated heterocycles. The maximum absolute atomic E-state index is 13.7. The molecule has 2 aromatic carbocycles. The van der Waals surface area contributed by atoms with E-state index < -0.39 is 0 Å². The van der Waals surface area contributed by atoms with Gasteiger partial charge >= 0.3 is 0 Å². The normalized spacial score (nSPS) is 18.5. The summed E-state index contributed by atoms with van der Waals surface area (Å²) in [6.07, 6.45) is 24.9. The molecule has 4 rings (SSSR count). The SMILES string of the molecule is CCCCCCCCCCCCCCCCCCOC1=C(C2CCC(c3ccc(Cl)cc3)CC2)C(=O)c2ccccc2C1=O. The van der Waals surface area contributed by atoms with Crippen molar-refractivity contribution in [3.05, 3.63) is 81.6 Å². The molecule has 0 radical (unpaired) electrons. The molecule has 0 heterocycles. The van der Waals surface area contributed by atoms with E-state index in [1.807, 2.05) is 24.3 Å². The minimum absolute atomic E-state index is 0.0166. The van der Waals surface area contributed by atoms with Crippen molar-refractivity contribution >= 4 is 23.2 Å². The smallest absolute Gasteiger partial charge is 0.228 e. The largest absolute Gasteiger partial charge is 0.489 e. The standard InChI is InChI=1S/C40H55ClO3/c1-2-3-4-5-6-7-8-9-10-11-12-13-14-15-16-19-30-44-40-37(38(42)35-20-17-18-21-36(35)39(40)43)33-24-22-31(23-25-33)32-26-28-34(41)29-27-32/h17-18,20-21,26-29,31,33H,2-16,19,22-25,30H2,1H3. The molecule has 44 heavy (non-hydrogen) atoms. The summed E-state index contributed by atoms with van der Waals surface area (Å²) in [7, 11) is 0. The van der Waals surface area contributed by atoms with E-state index in [1.54, 1.807) is 12.1 Å². The number of unbranched alkanes of at least 4 members (excludes halogenated alkanes) is 15. The van der Waals surface area contributed by atoms with Crippen LogP contribution in [0.25, 0.3) is 0 Å². The van der Waals surface area contributed by atoms with E-state index in [0.29, 0.717) is 35.0 Å². The molecule has 3 nitrogen and oxygen atoms in total. The van der Waals surface area contributed by atoms with Gasteiger partial charge in [-0.1, -0.05) is 151 Å². The van der Waals surface area contributed by atoms with E-state index in [2.05, 4.69) is 19.1 Å². The van der Waals surface area contributed by atoms with Crippen LogP contribution < -0.4 is 0 Å². The van der Waals surface area contributed by atoms with Crippen LogP contribution in [-0.4, -0.2) is 18.2 Å². The van der Waals surface area contributed by atoms with Crippen LogP contribution in [0.3, 0.4) is 0 Å². The Morgan fingerprint density at radius 3 is 1.57 bits per heavy atom. The van der Waals surface area contributed by atoms with Crippen LogP contribution >= 0.6 is 11.6 Å². The van der Waals surface area contributed by atoms with Crippen molar-refractivity contribution in [3.63, 3.8) is 0 Å². The molecule has 2 aromatic rings. The van der Waals surface area contributed by atoms with Crippen molar-refractivity contribution in [3.8, 4) is 0 Å². The Hall–Kier alpha value is -2.39. The van der Waals surface area contributed by atoms with Gasteiger partial charge in [-0.25, -0.2) is 0 Å². The van der Waals surface area contributed by atoms with Gasteiger partial charge in [0.1, 0.15) is 0 Å². The zero-order valence-corrected chi connectivity index (χ0v) is 28.0. The summed E-state index contributed by atoms with van der Waals surface area (Å²) in [6.45, 7) is 2.78. The van der Waals surface area contributed by atoms with Gasteiger partial charge in [-0.05, 0) is 61.6 Å². The highest BCUT2D eigenvalue weighted by molar-refractivity contribution is 6.30. The number of hydrogen-bond acceptors (Lipinski definition) is 3. The minimum Gasteiger partial charge on any atom is -0.489 e. The van der Waals surface area contributed by atoms with Crippen molar-refractivity contribution in [2.24, 2.45) is 5.92 Å². The van der Waals surface area contributed by atoms with Crippen LogP contribution in [0.1, 0.15) is 168 Å². The van der Waals surface area contributed by atoms with Gasteiger partial charge in [-0.2, -0.15) is 0 Å². The molecule has 1 fully saturated rings.